The predicted molar refractivity (Wildman–Crippen MR) is 132 cm³/mol. The van der Waals surface area contributed by atoms with Gasteiger partial charge >= 0.3 is 0 Å². The molecule has 5 nitrogen and oxygen atoms in total. The fraction of sp³-hybridized carbons (Fsp3) is 0.667. The van der Waals surface area contributed by atoms with E-state index in [0.717, 1.165) is 25.5 Å². The number of aliphatic imine (C=N–C) groups is 1. The van der Waals surface area contributed by atoms with Gasteiger partial charge in [0.2, 0.25) is 0 Å². The van der Waals surface area contributed by atoms with Gasteiger partial charge in [-0.05, 0) is 64.5 Å². The summed E-state index contributed by atoms with van der Waals surface area (Å²) in [6, 6.07) is 10.7. The van der Waals surface area contributed by atoms with Crippen LogP contribution in [0, 0.1) is 0 Å². The van der Waals surface area contributed by atoms with Crippen LogP contribution in [0.5, 0.6) is 0 Å². The number of rotatable bonds is 8. The van der Waals surface area contributed by atoms with Gasteiger partial charge in [-0.25, -0.2) is 0 Å². The molecule has 0 atom stereocenters. The van der Waals surface area contributed by atoms with Crippen LogP contribution in [0.2, 0.25) is 0 Å². The zero-order valence-corrected chi connectivity index (χ0v) is 20.5. The van der Waals surface area contributed by atoms with Crippen molar-refractivity contribution < 1.29 is 0 Å². The molecule has 2 N–H and O–H groups in total. The molecule has 1 aromatic carbocycles. The van der Waals surface area contributed by atoms with Crippen LogP contribution in [0.4, 0.5) is 0 Å². The summed E-state index contributed by atoms with van der Waals surface area (Å²) in [7, 11) is 4.09. The summed E-state index contributed by atoms with van der Waals surface area (Å²) < 4.78 is 0.344. The molecule has 0 spiro atoms. The van der Waals surface area contributed by atoms with Crippen molar-refractivity contribution in [1.29, 1.82) is 0 Å². The van der Waals surface area contributed by atoms with Crippen LogP contribution in [0.25, 0.3) is 0 Å². The highest BCUT2D eigenvalue weighted by molar-refractivity contribution is 14.0. The van der Waals surface area contributed by atoms with Crippen molar-refractivity contribution in [1.82, 2.24) is 20.4 Å². The van der Waals surface area contributed by atoms with E-state index in [1.54, 1.807) is 0 Å². The summed E-state index contributed by atoms with van der Waals surface area (Å²) in [4.78, 5) is 10.8. The molecule has 28 heavy (non-hydrogen) atoms. The molecule has 1 aliphatic heterocycles. The maximum absolute atomic E-state index is 4.40. The number of hydrogen-bond donors (Lipinski definition) is 2. The largest absolute Gasteiger partial charge is 0.356 e. The molecule has 3 rings (SSSR count). The Balaban J connectivity index is 0.00000280. The summed E-state index contributed by atoms with van der Waals surface area (Å²) >= 11 is 2.00. The molecule has 1 saturated heterocycles. The van der Waals surface area contributed by atoms with E-state index in [9.17, 15) is 0 Å². The Bertz CT molecular complexity index is 594. The third-order valence-corrected chi connectivity index (χ3v) is 6.94. The van der Waals surface area contributed by atoms with Gasteiger partial charge in [0.25, 0.3) is 0 Å². The van der Waals surface area contributed by atoms with Gasteiger partial charge < -0.3 is 20.4 Å². The Hall–Kier alpha value is -0.510. The molecule has 0 aromatic heterocycles. The molecular formula is C21H36IN5S. The minimum absolute atomic E-state index is 0. The summed E-state index contributed by atoms with van der Waals surface area (Å²) in [5.74, 6) is 0.936. The third-order valence-electron chi connectivity index (χ3n) is 5.44. The van der Waals surface area contributed by atoms with Gasteiger partial charge in [0, 0.05) is 42.9 Å². The number of thioether (sulfide) groups is 1. The smallest absolute Gasteiger partial charge is 0.191 e. The minimum atomic E-state index is 0. The van der Waals surface area contributed by atoms with Crippen LogP contribution < -0.4 is 10.6 Å². The van der Waals surface area contributed by atoms with E-state index in [1.807, 2.05) is 18.8 Å². The van der Waals surface area contributed by atoms with Crippen LogP contribution in [-0.2, 0) is 0 Å². The van der Waals surface area contributed by atoms with Crippen molar-refractivity contribution >= 4 is 41.7 Å². The minimum Gasteiger partial charge on any atom is -0.356 e. The molecule has 0 bridgehead atoms. The highest BCUT2D eigenvalue weighted by atomic mass is 127. The Labute approximate surface area is 192 Å². The molecule has 1 aliphatic carbocycles. The fourth-order valence-corrected chi connectivity index (χ4v) is 4.74. The van der Waals surface area contributed by atoms with Gasteiger partial charge in [0.05, 0.1) is 0 Å². The number of benzene rings is 1. The normalized spacial score (nSPS) is 20.1. The summed E-state index contributed by atoms with van der Waals surface area (Å²) in [5.41, 5.74) is 0. The standard InChI is InChI=1S/C21H35N5S.HI/c1-22-20(23-12-6-14-26-15-7-13-25(2)16-17-26)24-18-21(10-11-21)27-19-8-4-3-5-9-19;/h3-5,8-9H,6-7,10-18H2,1-2H3,(H2,22,23,24);1H. The second kappa shape index (κ2) is 12.2. The van der Waals surface area contributed by atoms with Crippen molar-refractivity contribution in [2.24, 2.45) is 4.99 Å². The molecule has 0 amide bonds. The van der Waals surface area contributed by atoms with E-state index in [0.29, 0.717) is 4.75 Å². The number of likely N-dealkylation sites (N-methyl/N-ethyl adjacent to an activating group) is 1. The van der Waals surface area contributed by atoms with E-state index in [4.69, 9.17) is 0 Å². The zero-order valence-electron chi connectivity index (χ0n) is 17.3. The Morgan fingerprint density at radius 1 is 1.11 bits per heavy atom. The average molecular weight is 518 g/mol. The molecule has 0 unspecified atom stereocenters. The molecule has 1 heterocycles. The highest BCUT2D eigenvalue weighted by Gasteiger charge is 2.43. The SMILES string of the molecule is CN=C(NCCCN1CCCN(C)CC1)NCC1(Sc2ccccc2)CC1.I. The van der Waals surface area contributed by atoms with Crippen molar-refractivity contribution in [3.63, 3.8) is 0 Å². The van der Waals surface area contributed by atoms with Gasteiger partial charge in [-0.15, -0.1) is 35.7 Å². The van der Waals surface area contributed by atoms with Gasteiger partial charge in [0.1, 0.15) is 0 Å². The monoisotopic (exact) mass is 517 g/mol. The molecule has 1 aromatic rings. The Kier molecular flexibility index (Phi) is 10.4. The van der Waals surface area contributed by atoms with Crippen molar-refractivity contribution in [2.75, 3.05) is 59.9 Å². The van der Waals surface area contributed by atoms with Crippen LogP contribution in [0.3, 0.4) is 0 Å². The molecule has 2 aliphatic rings. The first-order chi connectivity index (χ1) is 13.2. The molecule has 2 fully saturated rings. The Morgan fingerprint density at radius 2 is 1.89 bits per heavy atom. The van der Waals surface area contributed by atoms with Crippen LogP contribution >= 0.6 is 35.7 Å². The summed E-state index contributed by atoms with van der Waals surface area (Å²) in [6.45, 7) is 7.98. The second-order valence-corrected chi connectivity index (χ2v) is 9.34. The Morgan fingerprint density at radius 3 is 2.61 bits per heavy atom. The predicted octanol–water partition coefficient (Wildman–Crippen LogP) is 3.12. The van der Waals surface area contributed by atoms with E-state index in [2.05, 4.69) is 62.8 Å². The van der Waals surface area contributed by atoms with Crippen molar-refractivity contribution in [3.05, 3.63) is 30.3 Å². The van der Waals surface area contributed by atoms with E-state index in [1.165, 1.54) is 56.9 Å². The number of nitrogens with zero attached hydrogens (tertiary/aromatic N) is 3. The molecule has 1 saturated carbocycles. The van der Waals surface area contributed by atoms with Gasteiger partial charge in [0.15, 0.2) is 5.96 Å². The lowest BCUT2D eigenvalue weighted by Crippen LogP contribution is -2.42. The molecule has 7 heteroatoms. The topological polar surface area (TPSA) is 42.9 Å². The molecular weight excluding hydrogens is 481 g/mol. The lowest BCUT2D eigenvalue weighted by Gasteiger charge is -2.21. The van der Waals surface area contributed by atoms with Gasteiger partial charge in [-0.1, -0.05) is 18.2 Å². The first-order valence-electron chi connectivity index (χ1n) is 10.3. The van der Waals surface area contributed by atoms with E-state index < -0.39 is 0 Å². The van der Waals surface area contributed by atoms with Crippen molar-refractivity contribution in [3.8, 4) is 0 Å². The van der Waals surface area contributed by atoms with Crippen LogP contribution in [0.1, 0.15) is 25.7 Å². The molecule has 158 valence electrons. The number of hydrogen-bond acceptors (Lipinski definition) is 4. The summed E-state index contributed by atoms with van der Waals surface area (Å²) in [5, 5.41) is 7.03. The number of nitrogens with one attached hydrogen (secondary N) is 2. The van der Waals surface area contributed by atoms with Crippen molar-refractivity contribution in [2.45, 2.75) is 35.3 Å². The van der Waals surface area contributed by atoms with E-state index in [-0.39, 0.29) is 24.0 Å². The maximum atomic E-state index is 4.40. The fourth-order valence-electron chi connectivity index (χ4n) is 3.49. The molecule has 0 radical (unpaired) electrons. The number of guanidine groups is 1. The van der Waals surface area contributed by atoms with Crippen LogP contribution in [-0.4, -0.2) is 80.4 Å². The third kappa shape index (κ3) is 8.08. The maximum Gasteiger partial charge on any atom is 0.191 e. The van der Waals surface area contributed by atoms with E-state index >= 15 is 0 Å². The van der Waals surface area contributed by atoms with Gasteiger partial charge in [-0.3, -0.25) is 4.99 Å². The van der Waals surface area contributed by atoms with Crippen LogP contribution in [0.15, 0.2) is 40.2 Å². The summed E-state index contributed by atoms with van der Waals surface area (Å²) in [6.07, 6.45) is 5.00. The quantitative estimate of drug-likeness (QED) is 0.240. The first kappa shape index (κ1) is 23.8. The highest BCUT2D eigenvalue weighted by Crippen LogP contribution is 2.51. The van der Waals surface area contributed by atoms with Gasteiger partial charge in [-0.2, -0.15) is 0 Å². The lowest BCUT2D eigenvalue weighted by atomic mass is 10.3. The lowest BCUT2D eigenvalue weighted by molar-refractivity contribution is 0.274. The average Bonchev–Trinajstić information content (AvgIpc) is 3.47. The second-order valence-electron chi connectivity index (χ2n) is 7.80. The first-order valence-corrected chi connectivity index (χ1v) is 11.1. The number of halogens is 1. The zero-order chi connectivity index (χ0) is 19.0.